The Morgan fingerprint density at radius 1 is 1.11 bits per heavy atom. The summed E-state index contributed by atoms with van der Waals surface area (Å²) < 4.78 is 7.87. The molecule has 4 rings (SSSR count). The number of aromatic amines is 1. The molecule has 2 fully saturated rings. The standard InChI is InChI=1S/C22H32ClN3O2/c1-3-12-28-18-6-4-16(5-7-18)25-10-8-17(9-11-25)26-21-14-19(23)15(2)13-20(21)24-22(26)27/h13-14,16-18H,3-12H2,1-2H3,(H,24,27)/t16-,18-. The predicted molar refractivity (Wildman–Crippen MR) is 114 cm³/mol. The molecule has 1 aromatic carbocycles. The van der Waals surface area contributed by atoms with Gasteiger partial charge in [0.1, 0.15) is 0 Å². The number of H-pyrrole nitrogens is 1. The van der Waals surface area contributed by atoms with Gasteiger partial charge in [-0.25, -0.2) is 4.79 Å². The van der Waals surface area contributed by atoms with E-state index in [0.717, 1.165) is 60.6 Å². The molecule has 0 unspecified atom stereocenters. The number of rotatable bonds is 5. The number of aromatic nitrogens is 2. The molecule has 5 nitrogen and oxygen atoms in total. The van der Waals surface area contributed by atoms with Crippen molar-refractivity contribution in [1.29, 1.82) is 0 Å². The Balaban J connectivity index is 1.39. The SMILES string of the molecule is CCCO[C@H]1CC[C@H](N2CCC(n3c(=O)[nH]c4cc(C)c(Cl)cc43)CC2)CC1. The van der Waals surface area contributed by atoms with E-state index in [4.69, 9.17) is 16.3 Å². The zero-order chi connectivity index (χ0) is 19.7. The molecule has 2 aliphatic rings. The fraction of sp³-hybridized carbons (Fsp3) is 0.682. The molecule has 28 heavy (non-hydrogen) atoms. The summed E-state index contributed by atoms with van der Waals surface area (Å²) in [5, 5.41) is 0.722. The highest BCUT2D eigenvalue weighted by atomic mass is 35.5. The Morgan fingerprint density at radius 2 is 1.82 bits per heavy atom. The molecule has 0 atom stereocenters. The summed E-state index contributed by atoms with van der Waals surface area (Å²) in [5.74, 6) is 0. The second kappa shape index (κ2) is 8.60. The Morgan fingerprint density at radius 3 is 2.50 bits per heavy atom. The third-order valence-electron chi connectivity index (χ3n) is 6.58. The number of nitrogens with zero attached hydrogens (tertiary/aromatic N) is 2. The van der Waals surface area contributed by atoms with Gasteiger partial charge in [0, 0.05) is 36.8 Å². The van der Waals surface area contributed by atoms with E-state index in [1.54, 1.807) is 0 Å². The van der Waals surface area contributed by atoms with E-state index in [0.29, 0.717) is 12.1 Å². The van der Waals surface area contributed by atoms with Gasteiger partial charge >= 0.3 is 5.69 Å². The third-order valence-corrected chi connectivity index (χ3v) is 6.99. The lowest BCUT2D eigenvalue weighted by atomic mass is 9.90. The molecule has 154 valence electrons. The summed E-state index contributed by atoms with van der Waals surface area (Å²) in [6.07, 6.45) is 8.45. The van der Waals surface area contributed by atoms with Crippen LogP contribution in [0.5, 0.6) is 0 Å². The van der Waals surface area contributed by atoms with E-state index in [9.17, 15) is 4.79 Å². The maximum absolute atomic E-state index is 12.6. The summed E-state index contributed by atoms with van der Waals surface area (Å²) in [6, 6.07) is 4.84. The molecule has 0 spiro atoms. The maximum atomic E-state index is 12.6. The number of piperidine rings is 1. The summed E-state index contributed by atoms with van der Waals surface area (Å²) in [4.78, 5) is 18.3. The summed E-state index contributed by atoms with van der Waals surface area (Å²) >= 11 is 6.33. The lowest BCUT2D eigenvalue weighted by Crippen LogP contribution is -2.45. The van der Waals surface area contributed by atoms with Crippen molar-refractivity contribution in [1.82, 2.24) is 14.5 Å². The van der Waals surface area contributed by atoms with Crippen LogP contribution < -0.4 is 5.69 Å². The summed E-state index contributed by atoms with van der Waals surface area (Å²) in [6.45, 7) is 7.16. The van der Waals surface area contributed by atoms with Crippen molar-refractivity contribution in [3.63, 3.8) is 0 Å². The Hall–Kier alpha value is -1.30. The van der Waals surface area contributed by atoms with Gasteiger partial charge in [0.25, 0.3) is 0 Å². The van der Waals surface area contributed by atoms with Crippen molar-refractivity contribution in [2.24, 2.45) is 0 Å². The minimum atomic E-state index is -0.0105. The van der Waals surface area contributed by atoms with Crippen LogP contribution in [-0.4, -0.2) is 46.3 Å². The van der Waals surface area contributed by atoms with Crippen LogP contribution in [0.1, 0.15) is 63.5 Å². The van der Waals surface area contributed by atoms with E-state index < -0.39 is 0 Å². The highest BCUT2D eigenvalue weighted by Gasteiger charge is 2.30. The summed E-state index contributed by atoms with van der Waals surface area (Å²) in [5.41, 5.74) is 2.81. The Bertz CT molecular complexity index is 859. The Labute approximate surface area is 172 Å². The minimum Gasteiger partial charge on any atom is -0.378 e. The predicted octanol–water partition coefficient (Wildman–Crippen LogP) is 4.67. The van der Waals surface area contributed by atoms with Gasteiger partial charge < -0.3 is 14.6 Å². The van der Waals surface area contributed by atoms with Gasteiger partial charge in [-0.3, -0.25) is 4.57 Å². The number of benzene rings is 1. The van der Waals surface area contributed by atoms with Gasteiger partial charge in [-0.2, -0.15) is 0 Å². The van der Waals surface area contributed by atoms with Crippen LogP contribution in [-0.2, 0) is 4.74 Å². The van der Waals surface area contributed by atoms with Gasteiger partial charge in [0.2, 0.25) is 0 Å². The highest BCUT2D eigenvalue weighted by molar-refractivity contribution is 6.32. The van der Waals surface area contributed by atoms with Crippen molar-refractivity contribution in [2.75, 3.05) is 19.7 Å². The van der Waals surface area contributed by atoms with Crippen LogP contribution in [0.25, 0.3) is 11.0 Å². The van der Waals surface area contributed by atoms with Crippen molar-refractivity contribution in [3.8, 4) is 0 Å². The first kappa shape index (κ1) is 20.0. The molecule has 6 heteroatoms. The molecule has 1 aliphatic carbocycles. The molecule has 0 amide bonds. The topological polar surface area (TPSA) is 50.3 Å². The number of imidazole rings is 1. The van der Waals surface area contributed by atoms with E-state index in [-0.39, 0.29) is 11.7 Å². The van der Waals surface area contributed by atoms with Crippen molar-refractivity contribution in [2.45, 2.75) is 77.0 Å². The molecule has 1 aliphatic heterocycles. The number of hydrogen-bond donors (Lipinski definition) is 1. The van der Waals surface area contributed by atoms with E-state index in [1.165, 1.54) is 25.7 Å². The van der Waals surface area contributed by atoms with Gasteiger partial charge in [0.05, 0.1) is 17.1 Å². The number of ether oxygens (including phenoxy) is 1. The first-order valence-corrected chi connectivity index (χ1v) is 11.2. The zero-order valence-electron chi connectivity index (χ0n) is 17.0. The summed E-state index contributed by atoms with van der Waals surface area (Å²) in [7, 11) is 0. The normalized spacial score (nSPS) is 24.8. The molecule has 1 saturated carbocycles. The average Bonchev–Trinajstić information content (AvgIpc) is 3.02. The van der Waals surface area contributed by atoms with Crippen molar-refractivity contribution < 1.29 is 4.74 Å². The van der Waals surface area contributed by atoms with E-state index in [1.807, 2.05) is 23.6 Å². The maximum Gasteiger partial charge on any atom is 0.326 e. The number of halogens is 1. The van der Waals surface area contributed by atoms with Crippen LogP contribution in [0.4, 0.5) is 0 Å². The molecule has 0 bridgehead atoms. The lowest BCUT2D eigenvalue weighted by molar-refractivity contribution is 0.00254. The zero-order valence-corrected chi connectivity index (χ0v) is 17.8. The van der Waals surface area contributed by atoms with Crippen LogP contribution in [0.3, 0.4) is 0 Å². The van der Waals surface area contributed by atoms with Gasteiger partial charge in [-0.1, -0.05) is 18.5 Å². The van der Waals surface area contributed by atoms with Gasteiger partial charge in [0.15, 0.2) is 0 Å². The molecule has 2 heterocycles. The molecule has 1 saturated heterocycles. The lowest BCUT2D eigenvalue weighted by Gasteiger charge is -2.41. The first-order valence-electron chi connectivity index (χ1n) is 10.8. The largest absolute Gasteiger partial charge is 0.378 e. The number of fused-ring (bicyclic) bond motifs is 1. The molecule has 1 aromatic heterocycles. The van der Waals surface area contributed by atoms with Crippen molar-refractivity contribution >= 4 is 22.6 Å². The van der Waals surface area contributed by atoms with Gasteiger partial charge in [-0.15, -0.1) is 0 Å². The Kier molecular flexibility index (Phi) is 6.14. The average molecular weight is 406 g/mol. The van der Waals surface area contributed by atoms with Crippen LogP contribution in [0, 0.1) is 6.92 Å². The number of likely N-dealkylation sites (tertiary alicyclic amines) is 1. The smallest absolute Gasteiger partial charge is 0.326 e. The van der Waals surface area contributed by atoms with E-state index >= 15 is 0 Å². The number of nitrogens with one attached hydrogen (secondary N) is 1. The van der Waals surface area contributed by atoms with Crippen LogP contribution in [0.2, 0.25) is 5.02 Å². The fourth-order valence-electron chi connectivity index (χ4n) is 4.99. The molecule has 0 radical (unpaired) electrons. The second-order valence-corrected chi connectivity index (χ2v) is 8.89. The van der Waals surface area contributed by atoms with Gasteiger partial charge in [-0.05, 0) is 69.6 Å². The highest BCUT2D eigenvalue weighted by Crippen LogP contribution is 2.32. The third kappa shape index (κ3) is 4.03. The minimum absolute atomic E-state index is 0.0105. The van der Waals surface area contributed by atoms with E-state index in [2.05, 4.69) is 16.8 Å². The second-order valence-electron chi connectivity index (χ2n) is 8.49. The monoisotopic (exact) mass is 405 g/mol. The fourth-order valence-corrected chi connectivity index (χ4v) is 5.15. The number of aryl methyl sites for hydroxylation is 1. The quantitative estimate of drug-likeness (QED) is 0.786. The first-order chi connectivity index (χ1) is 13.6. The molecular formula is C22H32ClN3O2. The molecule has 2 aromatic rings. The molecular weight excluding hydrogens is 374 g/mol. The number of hydrogen-bond acceptors (Lipinski definition) is 3. The van der Waals surface area contributed by atoms with Crippen LogP contribution in [0.15, 0.2) is 16.9 Å². The van der Waals surface area contributed by atoms with Crippen LogP contribution >= 0.6 is 11.6 Å². The van der Waals surface area contributed by atoms with Crippen molar-refractivity contribution in [3.05, 3.63) is 33.2 Å². The molecule has 1 N–H and O–H groups in total.